The second-order valence-electron chi connectivity index (χ2n) is 6.13. The number of carbonyl (C=O) groups is 1. The summed E-state index contributed by atoms with van der Waals surface area (Å²) >= 11 is 0. The van der Waals surface area contributed by atoms with Crippen molar-refractivity contribution in [3.63, 3.8) is 0 Å². The first-order chi connectivity index (χ1) is 7.39. The molecule has 0 aromatic rings. The monoisotopic (exact) mass is 262 g/mol. The molecule has 0 bridgehead atoms. The van der Waals surface area contributed by atoms with Crippen LogP contribution in [0.3, 0.4) is 0 Å². The lowest BCUT2D eigenvalue weighted by molar-refractivity contribution is -0.122. The topological polar surface area (TPSA) is 41.1 Å². The van der Waals surface area contributed by atoms with Crippen molar-refractivity contribution in [1.29, 1.82) is 0 Å². The summed E-state index contributed by atoms with van der Waals surface area (Å²) in [5.41, 5.74) is 0.215. The lowest BCUT2D eigenvalue weighted by atomic mass is 9.80. The summed E-state index contributed by atoms with van der Waals surface area (Å²) in [6.45, 7) is 11.7. The van der Waals surface area contributed by atoms with E-state index < -0.39 is 0 Å². The van der Waals surface area contributed by atoms with Crippen LogP contribution in [0.1, 0.15) is 40.5 Å². The molecule has 2 unspecified atom stereocenters. The van der Waals surface area contributed by atoms with Crippen molar-refractivity contribution in [1.82, 2.24) is 10.6 Å². The Bertz CT molecular complexity index is 232. The van der Waals surface area contributed by atoms with E-state index in [-0.39, 0.29) is 23.7 Å². The summed E-state index contributed by atoms with van der Waals surface area (Å²) in [5.74, 6) is 1.26. The second-order valence-corrected chi connectivity index (χ2v) is 6.13. The number of amides is 1. The molecule has 1 rings (SSSR count). The minimum Gasteiger partial charge on any atom is -0.356 e. The Hall–Kier alpha value is -0.280. The molecule has 0 aromatic carbocycles. The maximum Gasteiger partial charge on any atom is 0.220 e. The fourth-order valence-electron chi connectivity index (χ4n) is 1.80. The fraction of sp³-hybridized carbons (Fsp3) is 0.923. The zero-order chi connectivity index (χ0) is 12.2. The Kier molecular flexibility index (Phi) is 7.10. The number of halogens is 1. The average molecular weight is 263 g/mol. The molecule has 1 aliphatic rings. The van der Waals surface area contributed by atoms with Crippen molar-refractivity contribution in [2.24, 2.45) is 17.3 Å². The molecule has 0 saturated carbocycles. The standard InChI is InChI=1S/C13H26N2O.ClH/c1-10(13(2,3)4)7-12(16)15-9-11-5-6-14-8-11;/h10-11,14H,5-9H2,1-4H3,(H,15,16);1H. The van der Waals surface area contributed by atoms with Crippen molar-refractivity contribution in [2.75, 3.05) is 19.6 Å². The van der Waals surface area contributed by atoms with Crippen LogP contribution in [0.4, 0.5) is 0 Å². The molecule has 0 aromatic heterocycles. The highest BCUT2D eigenvalue weighted by Gasteiger charge is 2.23. The first-order valence-corrected chi connectivity index (χ1v) is 6.37. The molecule has 1 saturated heterocycles. The van der Waals surface area contributed by atoms with Gasteiger partial charge in [0.1, 0.15) is 0 Å². The minimum absolute atomic E-state index is 0. The van der Waals surface area contributed by atoms with Crippen LogP contribution in [0.2, 0.25) is 0 Å². The highest BCUT2D eigenvalue weighted by molar-refractivity contribution is 5.85. The van der Waals surface area contributed by atoms with E-state index in [2.05, 4.69) is 38.3 Å². The van der Waals surface area contributed by atoms with Gasteiger partial charge >= 0.3 is 0 Å². The number of carbonyl (C=O) groups excluding carboxylic acids is 1. The maximum atomic E-state index is 11.7. The van der Waals surface area contributed by atoms with Gasteiger partial charge < -0.3 is 10.6 Å². The Balaban J connectivity index is 0.00000256. The number of rotatable bonds is 4. The van der Waals surface area contributed by atoms with Gasteiger partial charge in [-0.15, -0.1) is 12.4 Å². The van der Waals surface area contributed by atoms with Gasteiger partial charge in [-0.2, -0.15) is 0 Å². The molecule has 1 amide bonds. The van der Waals surface area contributed by atoms with E-state index in [1.807, 2.05) is 0 Å². The molecule has 3 nitrogen and oxygen atoms in total. The van der Waals surface area contributed by atoms with Gasteiger partial charge in [-0.25, -0.2) is 0 Å². The third-order valence-corrected chi connectivity index (χ3v) is 3.72. The predicted octanol–water partition coefficient (Wildman–Crippen LogP) is 2.21. The molecule has 1 fully saturated rings. The molecule has 2 N–H and O–H groups in total. The van der Waals surface area contributed by atoms with E-state index in [1.54, 1.807) is 0 Å². The first kappa shape index (κ1) is 16.7. The Morgan fingerprint density at radius 1 is 1.47 bits per heavy atom. The van der Waals surface area contributed by atoms with E-state index in [1.165, 1.54) is 6.42 Å². The summed E-state index contributed by atoms with van der Waals surface area (Å²) in [4.78, 5) is 11.7. The third-order valence-electron chi connectivity index (χ3n) is 3.72. The van der Waals surface area contributed by atoms with Crippen molar-refractivity contribution in [3.05, 3.63) is 0 Å². The van der Waals surface area contributed by atoms with Gasteiger partial charge in [0, 0.05) is 13.0 Å². The fourth-order valence-corrected chi connectivity index (χ4v) is 1.80. The van der Waals surface area contributed by atoms with Gasteiger partial charge in [-0.05, 0) is 36.8 Å². The number of hydrogen-bond donors (Lipinski definition) is 2. The smallest absolute Gasteiger partial charge is 0.220 e. The van der Waals surface area contributed by atoms with Crippen LogP contribution in [0, 0.1) is 17.3 Å². The van der Waals surface area contributed by atoms with Crippen LogP contribution >= 0.6 is 12.4 Å². The van der Waals surface area contributed by atoms with Crippen LogP contribution in [0.15, 0.2) is 0 Å². The SMILES string of the molecule is CC(CC(=O)NCC1CCNC1)C(C)(C)C.Cl. The van der Waals surface area contributed by atoms with Gasteiger partial charge in [0.2, 0.25) is 5.91 Å². The zero-order valence-corrected chi connectivity index (χ0v) is 12.3. The number of nitrogens with one attached hydrogen (secondary N) is 2. The van der Waals surface area contributed by atoms with E-state index in [0.717, 1.165) is 19.6 Å². The molecule has 102 valence electrons. The quantitative estimate of drug-likeness (QED) is 0.816. The average Bonchev–Trinajstić information content (AvgIpc) is 2.65. The Morgan fingerprint density at radius 3 is 2.59 bits per heavy atom. The normalized spacial score (nSPS) is 21.8. The molecule has 2 atom stereocenters. The van der Waals surface area contributed by atoms with Crippen LogP contribution in [-0.2, 0) is 4.79 Å². The highest BCUT2D eigenvalue weighted by Crippen LogP contribution is 2.27. The molecule has 0 spiro atoms. The summed E-state index contributed by atoms with van der Waals surface area (Å²) in [7, 11) is 0. The van der Waals surface area contributed by atoms with Crippen molar-refractivity contribution in [3.8, 4) is 0 Å². The second kappa shape index (κ2) is 7.22. The van der Waals surface area contributed by atoms with Gasteiger partial charge in [-0.3, -0.25) is 4.79 Å². The molecule has 17 heavy (non-hydrogen) atoms. The summed E-state index contributed by atoms with van der Waals surface area (Å²) in [5, 5.41) is 6.36. The lowest BCUT2D eigenvalue weighted by Gasteiger charge is -2.26. The summed E-state index contributed by atoms with van der Waals surface area (Å²) in [6, 6.07) is 0. The Labute approximate surface area is 112 Å². The van der Waals surface area contributed by atoms with Crippen LogP contribution in [-0.4, -0.2) is 25.5 Å². The summed E-state index contributed by atoms with van der Waals surface area (Å²) < 4.78 is 0. The lowest BCUT2D eigenvalue weighted by Crippen LogP contribution is -2.33. The van der Waals surface area contributed by atoms with E-state index >= 15 is 0 Å². The Morgan fingerprint density at radius 2 is 2.12 bits per heavy atom. The van der Waals surface area contributed by atoms with Crippen LogP contribution < -0.4 is 10.6 Å². The molecule has 0 radical (unpaired) electrons. The first-order valence-electron chi connectivity index (χ1n) is 6.37. The van der Waals surface area contributed by atoms with Crippen LogP contribution in [0.25, 0.3) is 0 Å². The number of hydrogen-bond acceptors (Lipinski definition) is 2. The van der Waals surface area contributed by atoms with Gasteiger partial charge in [0.25, 0.3) is 0 Å². The van der Waals surface area contributed by atoms with E-state index in [9.17, 15) is 4.79 Å². The molecular formula is C13H27ClN2O. The van der Waals surface area contributed by atoms with Gasteiger partial charge in [0.05, 0.1) is 0 Å². The maximum absolute atomic E-state index is 11.7. The molecule has 0 aliphatic carbocycles. The van der Waals surface area contributed by atoms with Gasteiger partial charge in [-0.1, -0.05) is 27.7 Å². The van der Waals surface area contributed by atoms with Crippen LogP contribution in [0.5, 0.6) is 0 Å². The van der Waals surface area contributed by atoms with Crippen molar-refractivity contribution in [2.45, 2.75) is 40.5 Å². The van der Waals surface area contributed by atoms with Crippen molar-refractivity contribution >= 4 is 18.3 Å². The molecule has 1 aliphatic heterocycles. The molecule has 1 heterocycles. The minimum atomic E-state index is 0. The highest BCUT2D eigenvalue weighted by atomic mass is 35.5. The molecular weight excluding hydrogens is 236 g/mol. The summed E-state index contributed by atoms with van der Waals surface area (Å²) in [6.07, 6.45) is 1.83. The van der Waals surface area contributed by atoms with E-state index in [4.69, 9.17) is 0 Å². The largest absolute Gasteiger partial charge is 0.356 e. The van der Waals surface area contributed by atoms with Gasteiger partial charge in [0.15, 0.2) is 0 Å². The van der Waals surface area contributed by atoms with E-state index in [0.29, 0.717) is 18.3 Å². The predicted molar refractivity (Wildman–Crippen MR) is 74.5 cm³/mol. The zero-order valence-electron chi connectivity index (χ0n) is 11.5. The molecule has 4 heteroatoms. The van der Waals surface area contributed by atoms with Crippen molar-refractivity contribution < 1.29 is 4.79 Å². The third kappa shape index (κ3) is 6.27.